The van der Waals surface area contributed by atoms with Gasteiger partial charge in [0, 0.05) is 25.7 Å². The Kier molecular flexibility index (Phi) is 4.01. The maximum absolute atomic E-state index is 5.50. The van der Waals surface area contributed by atoms with E-state index >= 15 is 0 Å². The third-order valence-electron chi connectivity index (χ3n) is 3.56. The number of nitrogens with two attached hydrogens (primary N) is 1. The summed E-state index contributed by atoms with van der Waals surface area (Å²) in [5.41, 5.74) is 2.71. The van der Waals surface area contributed by atoms with Crippen LogP contribution in [0.4, 0.5) is 0 Å². The summed E-state index contributed by atoms with van der Waals surface area (Å²) in [7, 11) is 0. The Labute approximate surface area is 97.7 Å². The van der Waals surface area contributed by atoms with E-state index in [4.69, 9.17) is 5.84 Å². The number of guanidine groups is 1. The molecule has 2 heterocycles. The third-order valence-corrected chi connectivity index (χ3v) is 3.56. The van der Waals surface area contributed by atoms with Gasteiger partial charge < -0.3 is 4.90 Å². The zero-order chi connectivity index (χ0) is 11.4. The highest BCUT2D eigenvalue weighted by molar-refractivity contribution is 5.79. The molecule has 0 aromatic heterocycles. The van der Waals surface area contributed by atoms with Crippen LogP contribution in [0.15, 0.2) is 4.99 Å². The van der Waals surface area contributed by atoms with Gasteiger partial charge in [0.25, 0.3) is 0 Å². The second-order valence-corrected chi connectivity index (χ2v) is 4.57. The van der Waals surface area contributed by atoms with Gasteiger partial charge in [-0.15, -0.1) is 0 Å². The second kappa shape index (κ2) is 5.50. The van der Waals surface area contributed by atoms with Crippen LogP contribution in [0.1, 0.15) is 26.2 Å². The number of likely N-dealkylation sites (tertiary alicyclic amines) is 2. The summed E-state index contributed by atoms with van der Waals surface area (Å²) in [6, 6.07) is 0.706. The first-order valence-electron chi connectivity index (χ1n) is 6.35. The lowest BCUT2D eigenvalue weighted by Crippen LogP contribution is -2.45. The van der Waals surface area contributed by atoms with E-state index in [0.29, 0.717) is 6.04 Å². The van der Waals surface area contributed by atoms with Crippen molar-refractivity contribution in [3.63, 3.8) is 0 Å². The Hall–Kier alpha value is -0.810. The molecule has 2 fully saturated rings. The maximum Gasteiger partial charge on any atom is 0.208 e. The standard InChI is InChI=1S/C11H23N5/c1-2-13-11(14-12)16-8-5-10(9-16)15-6-3-4-7-15/h10H,2-9,12H2,1H3,(H,13,14). The minimum atomic E-state index is 0.706. The molecule has 5 heteroatoms. The van der Waals surface area contributed by atoms with E-state index < -0.39 is 0 Å². The van der Waals surface area contributed by atoms with Crippen molar-refractivity contribution in [3.8, 4) is 0 Å². The van der Waals surface area contributed by atoms with Crippen LogP contribution < -0.4 is 11.3 Å². The highest BCUT2D eigenvalue weighted by Gasteiger charge is 2.30. The van der Waals surface area contributed by atoms with Crippen molar-refractivity contribution in [2.75, 3.05) is 32.7 Å². The number of hydrogen-bond acceptors (Lipinski definition) is 3. The predicted octanol–water partition coefficient (Wildman–Crippen LogP) is -0.00430. The van der Waals surface area contributed by atoms with Crippen LogP contribution in [0.2, 0.25) is 0 Å². The molecule has 2 saturated heterocycles. The van der Waals surface area contributed by atoms with Gasteiger partial charge >= 0.3 is 0 Å². The average Bonchev–Trinajstić information content (AvgIpc) is 2.95. The smallest absolute Gasteiger partial charge is 0.208 e. The first-order chi connectivity index (χ1) is 7.85. The minimum absolute atomic E-state index is 0.706. The molecule has 0 amide bonds. The van der Waals surface area contributed by atoms with Crippen LogP contribution >= 0.6 is 0 Å². The number of nitrogens with zero attached hydrogens (tertiary/aromatic N) is 3. The van der Waals surface area contributed by atoms with Crippen molar-refractivity contribution < 1.29 is 0 Å². The van der Waals surface area contributed by atoms with Gasteiger partial charge in [-0.3, -0.25) is 15.3 Å². The summed E-state index contributed by atoms with van der Waals surface area (Å²) in [4.78, 5) is 9.26. The molecule has 2 aliphatic rings. The van der Waals surface area contributed by atoms with Gasteiger partial charge in [0.05, 0.1) is 0 Å². The van der Waals surface area contributed by atoms with E-state index in [1.165, 1.54) is 32.4 Å². The fourth-order valence-corrected chi connectivity index (χ4v) is 2.73. The molecule has 1 atom stereocenters. The SMILES string of the molecule is CCN=C(NN)N1CCC(N2CCCC2)C1. The molecule has 0 aromatic carbocycles. The molecule has 0 bridgehead atoms. The Balaban J connectivity index is 1.88. The molecule has 0 saturated carbocycles. The first-order valence-corrected chi connectivity index (χ1v) is 6.35. The molecular formula is C11H23N5. The number of aliphatic imine (C=N–C) groups is 1. The number of hydrogen-bond donors (Lipinski definition) is 2. The molecule has 2 rings (SSSR count). The Morgan fingerprint density at radius 3 is 2.75 bits per heavy atom. The molecule has 1 unspecified atom stereocenters. The summed E-state index contributed by atoms with van der Waals surface area (Å²) in [5.74, 6) is 6.35. The molecule has 3 N–H and O–H groups in total. The summed E-state index contributed by atoms with van der Waals surface area (Å²) in [6.07, 6.45) is 3.97. The molecule has 0 aliphatic carbocycles. The van der Waals surface area contributed by atoms with Crippen molar-refractivity contribution in [3.05, 3.63) is 0 Å². The fourth-order valence-electron chi connectivity index (χ4n) is 2.73. The van der Waals surface area contributed by atoms with Crippen LogP contribution in [0.5, 0.6) is 0 Å². The zero-order valence-electron chi connectivity index (χ0n) is 10.2. The van der Waals surface area contributed by atoms with Gasteiger partial charge in [0.2, 0.25) is 5.96 Å². The molecule has 2 aliphatic heterocycles. The van der Waals surface area contributed by atoms with E-state index in [2.05, 4.69) is 20.2 Å². The van der Waals surface area contributed by atoms with Gasteiger partial charge in [-0.25, -0.2) is 5.84 Å². The van der Waals surface area contributed by atoms with Gasteiger partial charge in [-0.05, 0) is 39.3 Å². The Morgan fingerprint density at radius 1 is 1.38 bits per heavy atom. The van der Waals surface area contributed by atoms with Gasteiger partial charge in [-0.2, -0.15) is 0 Å². The summed E-state index contributed by atoms with van der Waals surface area (Å²) < 4.78 is 0. The van der Waals surface area contributed by atoms with Crippen molar-refractivity contribution >= 4 is 5.96 Å². The lowest BCUT2D eigenvalue weighted by atomic mass is 10.2. The fraction of sp³-hybridized carbons (Fsp3) is 0.909. The van der Waals surface area contributed by atoms with E-state index in [9.17, 15) is 0 Å². The molecule has 5 nitrogen and oxygen atoms in total. The normalized spacial score (nSPS) is 27.8. The van der Waals surface area contributed by atoms with Crippen LogP contribution in [0.25, 0.3) is 0 Å². The second-order valence-electron chi connectivity index (χ2n) is 4.57. The molecule has 0 radical (unpaired) electrons. The summed E-state index contributed by atoms with van der Waals surface area (Å²) in [6.45, 7) is 7.51. The van der Waals surface area contributed by atoms with Crippen LogP contribution in [-0.2, 0) is 0 Å². The van der Waals surface area contributed by atoms with Crippen LogP contribution in [0.3, 0.4) is 0 Å². The molecule has 92 valence electrons. The van der Waals surface area contributed by atoms with Crippen molar-refractivity contribution in [2.24, 2.45) is 10.8 Å². The van der Waals surface area contributed by atoms with E-state index in [0.717, 1.165) is 25.6 Å². The maximum atomic E-state index is 5.50. The minimum Gasteiger partial charge on any atom is -0.340 e. The van der Waals surface area contributed by atoms with E-state index in [-0.39, 0.29) is 0 Å². The van der Waals surface area contributed by atoms with Crippen LogP contribution in [-0.4, -0.2) is 54.5 Å². The quantitative estimate of drug-likeness (QED) is 0.300. The van der Waals surface area contributed by atoms with Crippen molar-refractivity contribution in [1.82, 2.24) is 15.2 Å². The Morgan fingerprint density at radius 2 is 2.12 bits per heavy atom. The summed E-state index contributed by atoms with van der Waals surface area (Å²) >= 11 is 0. The van der Waals surface area contributed by atoms with Gasteiger partial charge in [0.1, 0.15) is 0 Å². The van der Waals surface area contributed by atoms with Gasteiger partial charge in [-0.1, -0.05) is 0 Å². The average molecular weight is 225 g/mol. The number of hydrazine groups is 1. The van der Waals surface area contributed by atoms with E-state index in [1.807, 2.05) is 6.92 Å². The molecule has 16 heavy (non-hydrogen) atoms. The largest absolute Gasteiger partial charge is 0.340 e. The Bertz CT molecular complexity index is 247. The number of nitrogens with one attached hydrogen (secondary N) is 1. The lowest BCUT2D eigenvalue weighted by Gasteiger charge is -2.24. The topological polar surface area (TPSA) is 56.9 Å². The highest BCUT2D eigenvalue weighted by atomic mass is 15.4. The monoisotopic (exact) mass is 225 g/mol. The first kappa shape index (κ1) is 11.7. The molecule has 0 aromatic rings. The van der Waals surface area contributed by atoms with Crippen molar-refractivity contribution in [2.45, 2.75) is 32.2 Å². The highest BCUT2D eigenvalue weighted by Crippen LogP contribution is 2.20. The zero-order valence-corrected chi connectivity index (χ0v) is 10.2. The van der Waals surface area contributed by atoms with E-state index in [1.54, 1.807) is 0 Å². The molecular weight excluding hydrogens is 202 g/mol. The van der Waals surface area contributed by atoms with Crippen LogP contribution in [0, 0.1) is 0 Å². The predicted molar refractivity (Wildman–Crippen MR) is 66.1 cm³/mol. The lowest BCUT2D eigenvalue weighted by molar-refractivity contribution is 0.249. The molecule has 0 spiro atoms. The summed E-state index contributed by atoms with van der Waals surface area (Å²) in [5, 5.41) is 0. The third kappa shape index (κ3) is 2.47. The number of rotatable bonds is 2. The van der Waals surface area contributed by atoms with Crippen molar-refractivity contribution in [1.29, 1.82) is 0 Å². The van der Waals surface area contributed by atoms with Gasteiger partial charge in [0.15, 0.2) is 0 Å².